The lowest BCUT2D eigenvalue weighted by Crippen LogP contribution is -2.29. The molecule has 0 unspecified atom stereocenters. The van der Waals surface area contributed by atoms with Crippen molar-refractivity contribution in [2.75, 3.05) is 0 Å². The number of rotatable bonds is 2. The Hall–Kier alpha value is 0.0669. The van der Waals surface area contributed by atoms with Crippen molar-refractivity contribution in [2.24, 2.45) is 0 Å². The highest BCUT2D eigenvalue weighted by atomic mass is 79.9. The van der Waals surface area contributed by atoms with Crippen LogP contribution in [0.2, 0.25) is 19.6 Å². The smallest absolute Gasteiger partial charge is 0.242 e. The van der Waals surface area contributed by atoms with E-state index in [1.54, 1.807) is 0 Å². The zero-order chi connectivity index (χ0) is 10.1. The first-order valence-electron chi connectivity index (χ1n) is 4.06. The number of thiol groups is 1. The molecule has 1 aromatic rings. The highest BCUT2D eigenvalue weighted by molar-refractivity contribution is 9.10. The van der Waals surface area contributed by atoms with Gasteiger partial charge in [-0.05, 0) is 47.7 Å². The van der Waals surface area contributed by atoms with Crippen molar-refractivity contribution in [3.8, 4) is 5.75 Å². The van der Waals surface area contributed by atoms with Gasteiger partial charge in [0.25, 0.3) is 0 Å². The summed E-state index contributed by atoms with van der Waals surface area (Å²) in [6, 6.07) is 5.85. The molecule has 4 heteroatoms. The zero-order valence-electron chi connectivity index (χ0n) is 7.97. The van der Waals surface area contributed by atoms with E-state index in [2.05, 4.69) is 48.2 Å². The van der Waals surface area contributed by atoms with Gasteiger partial charge in [-0.2, -0.15) is 0 Å². The number of hydrogen-bond donors (Lipinski definition) is 1. The summed E-state index contributed by atoms with van der Waals surface area (Å²) in [5.74, 6) is 0.866. The normalized spacial score (nSPS) is 11.5. The third kappa shape index (κ3) is 3.36. The fraction of sp³-hybridized carbons (Fsp3) is 0.333. The minimum Gasteiger partial charge on any atom is -0.543 e. The van der Waals surface area contributed by atoms with Crippen LogP contribution >= 0.6 is 28.6 Å². The Morgan fingerprint density at radius 2 is 1.92 bits per heavy atom. The average Bonchev–Trinajstić information content (AvgIpc) is 1.95. The van der Waals surface area contributed by atoms with Gasteiger partial charge in [0.05, 0.1) is 4.47 Å². The molecule has 0 saturated heterocycles. The molecule has 0 amide bonds. The van der Waals surface area contributed by atoms with Gasteiger partial charge < -0.3 is 4.43 Å². The van der Waals surface area contributed by atoms with Crippen molar-refractivity contribution < 1.29 is 4.43 Å². The fourth-order valence-electron chi connectivity index (χ4n) is 0.905. The molecule has 0 aliphatic carbocycles. The number of hydrogen-bond acceptors (Lipinski definition) is 2. The Morgan fingerprint density at radius 1 is 1.31 bits per heavy atom. The summed E-state index contributed by atoms with van der Waals surface area (Å²) in [5, 5.41) is 0. The highest BCUT2D eigenvalue weighted by Gasteiger charge is 2.18. The summed E-state index contributed by atoms with van der Waals surface area (Å²) in [6.45, 7) is 6.46. The zero-order valence-corrected chi connectivity index (χ0v) is 11.4. The molecule has 0 bridgehead atoms. The topological polar surface area (TPSA) is 9.23 Å². The lowest BCUT2D eigenvalue weighted by Gasteiger charge is -2.21. The predicted octanol–water partition coefficient (Wildman–Crippen LogP) is 3.95. The SMILES string of the molecule is C[Si](C)(C)Oc1c(S)cccc1Br. The van der Waals surface area contributed by atoms with Crippen molar-refractivity contribution in [1.29, 1.82) is 0 Å². The molecular formula is C9H13BrOSSi. The van der Waals surface area contributed by atoms with Crippen LogP contribution in [0.3, 0.4) is 0 Å². The molecule has 0 N–H and O–H groups in total. The van der Waals surface area contributed by atoms with Crippen LogP contribution in [-0.4, -0.2) is 8.32 Å². The molecule has 0 heterocycles. The van der Waals surface area contributed by atoms with Gasteiger partial charge >= 0.3 is 0 Å². The van der Waals surface area contributed by atoms with Crippen molar-refractivity contribution in [2.45, 2.75) is 24.5 Å². The standard InChI is InChI=1S/C9H13BrOSSi/c1-13(2,3)11-9-7(10)5-4-6-8(9)12/h4-6,12H,1-3H3. The number of para-hydroxylation sites is 1. The van der Waals surface area contributed by atoms with E-state index in [0.717, 1.165) is 15.1 Å². The van der Waals surface area contributed by atoms with E-state index in [1.807, 2.05) is 18.2 Å². The summed E-state index contributed by atoms with van der Waals surface area (Å²) in [5.41, 5.74) is 0. The van der Waals surface area contributed by atoms with Crippen LogP contribution in [0.15, 0.2) is 27.6 Å². The van der Waals surface area contributed by atoms with Crippen molar-refractivity contribution in [3.05, 3.63) is 22.7 Å². The van der Waals surface area contributed by atoms with E-state index in [9.17, 15) is 0 Å². The molecule has 72 valence electrons. The number of benzene rings is 1. The minimum atomic E-state index is -1.54. The first-order valence-corrected chi connectivity index (χ1v) is 8.71. The molecule has 0 atom stereocenters. The number of halogens is 1. The van der Waals surface area contributed by atoms with Crippen LogP contribution < -0.4 is 4.43 Å². The maximum absolute atomic E-state index is 5.88. The second-order valence-electron chi connectivity index (χ2n) is 3.80. The maximum atomic E-state index is 5.88. The van der Waals surface area contributed by atoms with Gasteiger partial charge in [-0.15, -0.1) is 12.6 Å². The van der Waals surface area contributed by atoms with Gasteiger partial charge in [0.2, 0.25) is 8.32 Å². The van der Waals surface area contributed by atoms with Crippen LogP contribution in [0.1, 0.15) is 0 Å². The van der Waals surface area contributed by atoms with Gasteiger partial charge in [-0.1, -0.05) is 6.07 Å². The average molecular weight is 277 g/mol. The molecule has 13 heavy (non-hydrogen) atoms. The summed E-state index contributed by atoms with van der Waals surface area (Å²) in [6.07, 6.45) is 0. The lowest BCUT2D eigenvalue weighted by atomic mass is 10.3. The summed E-state index contributed by atoms with van der Waals surface area (Å²) in [4.78, 5) is 0.886. The van der Waals surface area contributed by atoms with E-state index in [0.29, 0.717) is 0 Å². The van der Waals surface area contributed by atoms with Crippen LogP contribution in [-0.2, 0) is 0 Å². The van der Waals surface area contributed by atoms with Crippen LogP contribution in [0.4, 0.5) is 0 Å². The molecule has 0 saturated carbocycles. The van der Waals surface area contributed by atoms with Gasteiger partial charge in [-0.25, -0.2) is 0 Å². The van der Waals surface area contributed by atoms with Gasteiger partial charge in [0, 0.05) is 4.90 Å². The summed E-state index contributed by atoms with van der Waals surface area (Å²) in [7, 11) is -1.54. The van der Waals surface area contributed by atoms with Gasteiger partial charge in [-0.3, -0.25) is 0 Å². The van der Waals surface area contributed by atoms with E-state index in [4.69, 9.17) is 4.43 Å². The molecule has 1 nitrogen and oxygen atoms in total. The lowest BCUT2D eigenvalue weighted by molar-refractivity contribution is 0.540. The highest BCUT2D eigenvalue weighted by Crippen LogP contribution is 2.33. The first-order chi connectivity index (χ1) is 5.90. The van der Waals surface area contributed by atoms with E-state index < -0.39 is 8.32 Å². The Morgan fingerprint density at radius 3 is 2.38 bits per heavy atom. The second kappa shape index (κ2) is 4.07. The molecule has 1 rings (SSSR count). The minimum absolute atomic E-state index is 0.866. The Kier molecular flexibility index (Phi) is 3.48. The fourth-order valence-corrected chi connectivity index (χ4v) is 2.82. The molecule has 0 radical (unpaired) electrons. The summed E-state index contributed by atoms with van der Waals surface area (Å²) < 4.78 is 6.85. The van der Waals surface area contributed by atoms with E-state index in [-0.39, 0.29) is 0 Å². The quantitative estimate of drug-likeness (QED) is 0.636. The van der Waals surface area contributed by atoms with Crippen molar-refractivity contribution >= 4 is 36.9 Å². The molecule has 0 fully saturated rings. The van der Waals surface area contributed by atoms with Crippen LogP contribution in [0.25, 0.3) is 0 Å². The molecule has 1 aromatic carbocycles. The van der Waals surface area contributed by atoms with E-state index >= 15 is 0 Å². The van der Waals surface area contributed by atoms with Crippen LogP contribution in [0.5, 0.6) is 5.75 Å². The Bertz CT molecular complexity index is 289. The van der Waals surface area contributed by atoms with Crippen molar-refractivity contribution in [1.82, 2.24) is 0 Å². The molecule has 0 aromatic heterocycles. The van der Waals surface area contributed by atoms with Gasteiger partial charge in [0.1, 0.15) is 5.75 Å². The second-order valence-corrected chi connectivity index (χ2v) is 9.57. The monoisotopic (exact) mass is 276 g/mol. The molecular weight excluding hydrogens is 264 g/mol. The Balaban J connectivity index is 3.00. The van der Waals surface area contributed by atoms with Gasteiger partial charge in [0.15, 0.2) is 0 Å². The third-order valence-electron chi connectivity index (χ3n) is 1.35. The largest absolute Gasteiger partial charge is 0.543 e. The summed E-state index contributed by atoms with van der Waals surface area (Å²) >= 11 is 7.79. The maximum Gasteiger partial charge on any atom is 0.242 e. The van der Waals surface area contributed by atoms with E-state index in [1.165, 1.54) is 0 Å². The molecule has 0 spiro atoms. The molecule has 0 aliphatic heterocycles. The predicted molar refractivity (Wildman–Crippen MR) is 65.4 cm³/mol. The molecule has 0 aliphatic rings. The first kappa shape index (κ1) is 11.1. The Labute approximate surface area is 94.2 Å². The van der Waals surface area contributed by atoms with Crippen molar-refractivity contribution in [3.63, 3.8) is 0 Å². The van der Waals surface area contributed by atoms with Crippen LogP contribution in [0, 0.1) is 0 Å². The third-order valence-corrected chi connectivity index (χ3v) is 3.15.